The van der Waals surface area contributed by atoms with E-state index < -0.39 is 38.8 Å². The zero-order chi connectivity index (χ0) is 13.2. The van der Waals surface area contributed by atoms with Crippen molar-refractivity contribution >= 4 is 21.6 Å². The highest BCUT2D eigenvalue weighted by molar-refractivity contribution is 9.10. The van der Waals surface area contributed by atoms with E-state index in [2.05, 4.69) is 15.9 Å². The number of nitrogens with zero attached hydrogens (tertiary/aromatic N) is 2. The van der Waals surface area contributed by atoms with Gasteiger partial charge in [0.1, 0.15) is 0 Å². The predicted molar refractivity (Wildman–Crippen MR) is 55.1 cm³/mol. The summed E-state index contributed by atoms with van der Waals surface area (Å²) in [6.07, 6.45) is -5.21. The van der Waals surface area contributed by atoms with E-state index in [9.17, 15) is 23.3 Å². The van der Waals surface area contributed by atoms with Gasteiger partial charge in [-0.15, -0.1) is 0 Å². The largest absolute Gasteiger partial charge is 0.417 e. The fourth-order valence-electron chi connectivity index (χ4n) is 1.30. The minimum Gasteiger partial charge on any atom is -0.258 e. The Balaban J connectivity index is 3.50. The Kier molecular flexibility index (Phi) is 3.72. The summed E-state index contributed by atoms with van der Waals surface area (Å²) < 4.78 is 37.5. The third kappa shape index (κ3) is 2.94. The molecule has 0 N–H and O–H groups in total. The fraction of sp³-hybridized carbons (Fsp3) is 0.222. The molecule has 0 saturated carbocycles. The van der Waals surface area contributed by atoms with E-state index in [0.29, 0.717) is 0 Å². The van der Waals surface area contributed by atoms with E-state index in [1.54, 1.807) is 6.07 Å². The monoisotopic (exact) mass is 308 g/mol. The first kappa shape index (κ1) is 13.4. The number of halogens is 4. The molecule has 0 bridgehead atoms. The maximum absolute atomic E-state index is 12.7. The van der Waals surface area contributed by atoms with Crippen molar-refractivity contribution in [3.63, 3.8) is 0 Å². The topological polar surface area (TPSA) is 66.9 Å². The van der Waals surface area contributed by atoms with Crippen molar-refractivity contribution in [1.29, 1.82) is 5.26 Å². The van der Waals surface area contributed by atoms with Gasteiger partial charge >= 0.3 is 6.18 Å². The van der Waals surface area contributed by atoms with Crippen molar-refractivity contribution in [2.45, 2.75) is 12.6 Å². The number of hydrogen-bond acceptors (Lipinski definition) is 3. The Morgan fingerprint density at radius 1 is 1.47 bits per heavy atom. The Labute approximate surface area is 102 Å². The SMILES string of the molecule is N#CCc1cc([N+](=O)[O-])cc(Br)c1C(F)(F)F. The molecule has 0 unspecified atom stereocenters. The Morgan fingerprint density at radius 2 is 2.06 bits per heavy atom. The molecule has 4 nitrogen and oxygen atoms in total. The molecule has 1 rings (SSSR count). The van der Waals surface area contributed by atoms with Crippen molar-refractivity contribution in [2.24, 2.45) is 0 Å². The summed E-state index contributed by atoms with van der Waals surface area (Å²) >= 11 is 2.64. The third-order valence-electron chi connectivity index (χ3n) is 1.92. The molecule has 8 heteroatoms. The standard InChI is InChI=1S/C9H4BrF3N2O2/c10-7-4-6(15(16)17)3-5(1-2-14)8(7)9(11,12)13/h3-4H,1H2. The Bertz CT molecular complexity index is 508. The molecule has 0 aliphatic carbocycles. The molecule has 90 valence electrons. The Morgan fingerprint density at radius 3 is 2.47 bits per heavy atom. The average Bonchev–Trinajstić information content (AvgIpc) is 2.14. The van der Waals surface area contributed by atoms with E-state index in [0.717, 1.165) is 12.1 Å². The van der Waals surface area contributed by atoms with Crippen LogP contribution in [-0.4, -0.2) is 4.92 Å². The predicted octanol–water partition coefficient (Wildman–Crippen LogP) is 3.44. The van der Waals surface area contributed by atoms with Gasteiger partial charge in [0.2, 0.25) is 0 Å². The van der Waals surface area contributed by atoms with Gasteiger partial charge in [-0.3, -0.25) is 10.1 Å². The number of hydrogen-bond donors (Lipinski definition) is 0. The highest BCUT2D eigenvalue weighted by Crippen LogP contribution is 2.39. The van der Waals surface area contributed by atoms with Gasteiger partial charge in [-0.05, 0) is 21.5 Å². The number of non-ortho nitro benzene ring substituents is 1. The zero-order valence-corrected chi connectivity index (χ0v) is 9.67. The number of benzene rings is 1. The average molecular weight is 309 g/mol. The highest BCUT2D eigenvalue weighted by atomic mass is 79.9. The molecule has 1 aromatic rings. The van der Waals surface area contributed by atoms with Crippen molar-refractivity contribution in [2.75, 3.05) is 0 Å². The van der Waals surface area contributed by atoms with E-state index in [4.69, 9.17) is 5.26 Å². The summed E-state index contributed by atoms with van der Waals surface area (Å²) in [5, 5.41) is 18.9. The van der Waals surface area contributed by atoms with Crippen LogP contribution in [0.25, 0.3) is 0 Å². The number of nitro benzene ring substituents is 1. The van der Waals surface area contributed by atoms with Crippen LogP contribution >= 0.6 is 15.9 Å². The molecule has 17 heavy (non-hydrogen) atoms. The molecule has 0 radical (unpaired) electrons. The molecule has 0 fully saturated rings. The summed E-state index contributed by atoms with van der Waals surface area (Å²) in [6, 6.07) is 3.07. The molecule has 0 atom stereocenters. The van der Waals surface area contributed by atoms with Gasteiger partial charge in [0.25, 0.3) is 5.69 Å². The van der Waals surface area contributed by atoms with Crippen LogP contribution in [0.3, 0.4) is 0 Å². The van der Waals surface area contributed by atoms with Gasteiger partial charge in [-0.25, -0.2) is 0 Å². The summed E-state index contributed by atoms with van der Waals surface area (Å²) in [7, 11) is 0. The van der Waals surface area contributed by atoms with Gasteiger partial charge in [0.15, 0.2) is 0 Å². The fourth-order valence-corrected chi connectivity index (χ4v) is 2.01. The van der Waals surface area contributed by atoms with Crippen LogP contribution < -0.4 is 0 Å². The van der Waals surface area contributed by atoms with Crippen LogP contribution in [-0.2, 0) is 12.6 Å². The second-order valence-electron chi connectivity index (χ2n) is 3.05. The van der Waals surface area contributed by atoms with Gasteiger partial charge in [-0.2, -0.15) is 18.4 Å². The van der Waals surface area contributed by atoms with Gasteiger partial charge in [-0.1, -0.05) is 0 Å². The van der Waals surface area contributed by atoms with Crippen LogP contribution in [0.2, 0.25) is 0 Å². The van der Waals surface area contributed by atoms with Crippen LogP contribution in [0.4, 0.5) is 18.9 Å². The van der Waals surface area contributed by atoms with Gasteiger partial charge in [0.05, 0.1) is 23.0 Å². The second-order valence-corrected chi connectivity index (χ2v) is 3.91. The zero-order valence-electron chi connectivity index (χ0n) is 8.08. The lowest BCUT2D eigenvalue weighted by atomic mass is 10.0. The smallest absolute Gasteiger partial charge is 0.258 e. The van der Waals surface area contributed by atoms with Crippen molar-refractivity contribution in [3.05, 3.63) is 37.8 Å². The molecular formula is C9H4BrF3N2O2. The molecule has 0 aromatic heterocycles. The van der Waals surface area contributed by atoms with E-state index in [1.165, 1.54) is 0 Å². The normalized spacial score (nSPS) is 11.0. The first-order chi connectivity index (χ1) is 7.77. The summed E-state index contributed by atoms with van der Waals surface area (Å²) in [6.45, 7) is 0. The van der Waals surface area contributed by atoms with Crippen molar-refractivity contribution in [3.8, 4) is 6.07 Å². The van der Waals surface area contributed by atoms with E-state index in [1.807, 2.05) is 0 Å². The molecule has 0 aliphatic heterocycles. The summed E-state index contributed by atoms with van der Waals surface area (Å²) in [4.78, 5) is 9.68. The minimum absolute atomic E-state index is 0.416. The molecule has 1 aromatic carbocycles. The molecule has 0 amide bonds. The minimum atomic E-state index is -4.67. The first-order valence-corrected chi connectivity index (χ1v) is 4.97. The van der Waals surface area contributed by atoms with Crippen LogP contribution in [0.15, 0.2) is 16.6 Å². The number of alkyl halides is 3. The lowest BCUT2D eigenvalue weighted by Gasteiger charge is -2.12. The lowest BCUT2D eigenvalue weighted by Crippen LogP contribution is -2.11. The van der Waals surface area contributed by atoms with Gasteiger partial charge in [0, 0.05) is 16.6 Å². The number of nitro groups is 1. The van der Waals surface area contributed by atoms with Crippen LogP contribution in [0.1, 0.15) is 11.1 Å². The van der Waals surface area contributed by atoms with Crippen LogP contribution in [0.5, 0.6) is 0 Å². The van der Waals surface area contributed by atoms with Crippen LogP contribution in [0, 0.1) is 21.4 Å². The molecule has 0 aliphatic rings. The quantitative estimate of drug-likeness (QED) is 0.621. The molecule has 0 spiro atoms. The number of rotatable bonds is 2. The van der Waals surface area contributed by atoms with Gasteiger partial charge < -0.3 is 0 Å². The highest BCUT2D eigenvalue weighted by Gasteiger charge is 2.36. The Hall–Kier alpha value is -1.62. The maximum Gasteiger partial charge on any atom is 0.417 e. The van der Waals surface area contributed by atoms with Crippen molar-refractivity contribution < 1.29 is 18.1 Å². The summed E-state index contributed by atoms with van der Waals surface area (Å²) in [5.74, 6) is 0. The molecule has 0 heterocycles. The van der Waals surface area contributed by atoms with Crippen molar-refractivity contribution in [1.82, 2.24) is 0 Å². The molecule has 0 saturated heterocycles. The first-order valence-electron chi connectivity index (χ1n) is 4.18. The maximum atomic E-state index is 12.7. The summed E-state index contributed by atoms with van der Waals surface area (Å²) in [5.41, 5.74) is -1.96. The lowest BCUT2D eigenvalue weighted by molar-refractivity contribution is -0.385. The van der Waals surface area contributed by atoms with E-state index >= 15 is 0 Å². The number of nitriles is 1. The third-order valence-corrected chi connectivity index (χ3v) is 2.55. The van der Waals surface area contributed by atoms with E-state index in [-0.39, 0.29) is 0 Å². The second kappa shape index (κ2) is 4.71. The molecular weight excluding hydrogens is 305 g/mol.